The second-order valence-corrected chi connectivity index (χ2v) is 4.07. The Morgan fingerprint density at radius 1 is 1.12 bits per heavy atom. The number of hydrogen-bond acceptors (Lipinski definition) is 4. The molecule has 0 aliphatic rings. The summed E-state index contributed by atoms with van der Waals surface area (Å²) in [5.41, 5.74) is 0.0776. The fraction of sp³-hybridized carbons (Fsp3) is 0.909. The molecule has 0 aliphatic heterocycles. The fourth-order valence-corrected chi connectivity index (χ4v) is 2.12. The molecule has 92 valence electrons. The maximum atomic E-state index is 4.17. The highest BCUT2D eigenvalue weighted by atomic mass is 15.6. The van der Waals surface area contributed by atoms with Crippen LogP contribution in [0.25, 0.3) is 0 Å². The van der Waals surface area contributed by atoms with Crippen LogP contribution in [0.2, 0.25) is 0 Å². The predicted octanol–water partition coefficient (Wildman–Crippen LogP) is 1.71. The Morgan fingerprint density at radius 3 is 2.25 bits per heavy atom. The highest BCUT2D eigenvalue weighted by Gasteiger charge is 2.29. The Labute approximate surface area is 97.6 Å². The van der Waals surface area contributed by atoms with Crippen LogP contribution in [0.1, 0.15) is 52.8 Å². The summed E-state index contributed by atoms with van der Waals surface area (Å²) >= 11 is 0. The molecule has 0 amide bonds. The molecule has 0 radical (unpaired) electrons. The summed E-state index contributed by atoms with van der Waals surface area (Å²) in [6.45, 7) is 10.4. The minimum atomic E-state index is 0.0776. The quantitative estimate of drug-likeness (QED) is 0.767. The highest BCUT2D eigenvalue weighted by Crippen LogP contribution is 2.28. The monoisotopic (exact) mass is 225 g/mol. The van der Waals surface area contributed by atoms with Crippen LogP contribution in [0.3, 0.4) is 0 Å². The molecule has 0 saturated heterocycles. The summed E-state index contributed by atoms with van der Waals surface area (Å²) in [5, 5.41) is 15.4. The van der Waals surface area contributed by atoms with Crippen molar-refractivity contribution in [2.24, 2.45) is 0 Å². The minimum Gasteiger partial charge on any atom is -0.310 e. The third kappa shape index (κ3) is 2.40. The van der Waals surface area contributed by atoms with E-state index in [1.807, 2.05) is 4.68 Å². The van der Waals surface area contributed by atoms with Gasteiger partial charge in [0, 0.05) is 0 Å². The Hall–Kier alpha value is -0.970. The van der Waals surface area contributed by atoms with Crippen molar-refractivity contribution in [2.45, 2.75) is 59.0 Å². The molecule has 5 heteroatoms. The van der Waals surface area contributed by atoms with E-state index in [0.717, 1.165) is 38.2 Å². The Bertz CT molecular complexity index is 295. The summed E-state index contributed by atoms with van der Waals surface area (Å²) < 4.78 is 2.01. The molecule has 0 atom stereocenters. The number of nitrogens with one attached hydrogen (secondary N) is 1. The number of hydrogen-bond donors (Lipinski definition) is 1. The van der Waals surface area contributed by atoms with Gasteiger partial charge in [-0.15, -0.1) is 5.10 Å². The van der Waals surface area contributed by atoms with Crippen molar-refractivity contribution in [3.63, 3.8) is 0 Å². The maximum Gasteiger partial charge on any atom is 0.165 e. The first-order valence-corrected chi connectivity index (χ1v) is 6.22. The van der Waals surface area contributed by atoms with Gasteiger partial charge in [-0.2, -0.15) is 0 Å². The molecule has 1 rings (SSSR count). The molecule has 1 aromatic rings. The van der Waals surface area contributed by atoms with Gasteiger partial charge < -0.3 is 5.32 Å². The molecule has 1 heterocycles. The molecular formula is C11H23N5. The van der Waals surface area contributed by atoms with Gasteiger partial charge >= 0.3 is 0 Å². The van der Waals surface area contributed by atoms with Gasteiger partial charge in [0.25, 0.3) is 0 Å². The molecule has 0 saturated carbocycles. The van der Waals surface area contributed by atoms with Crippen LogP contribution in [0.4, 0.5) is 0 Å². The third-order valence-electron chi connectivity index (χ3n) is 3.49. The first-order chi connectivity index (χ1) is 7.74. The van der Waals surface area contributed by atoms with E-state index in [1.165, 1.54) is 0 Å². The van der Waals surface area contributed by atoms with Gasteiger partial charge in [0.05, 0.1) is 12.1 Å². The molecule has 0 spiro atoms. The summed E-state index contributed by atoms with van der Waals surface area (Å²) in [6.07, 6.45) is 3.18. The van der Waals surface area contributed by atoms with Gasteiger partial charge in [-0.05, 0) is 36.2 Å². The largest absolute Gasteiger partial charge is 0.310 e. The second kappa shape index (κ2) is 5.94. The van der Waals surface area contributed by atoms with Crippen LogP contribution in [0, 0.1) is 0 Å². The molecule has 0 bridgehead atoms. The molecule has 1 N–H and O–H groups in total. The summed E-state index contributed by atoms with van der Waals surface area (Å²) in [7, 11) is 0. The van der Waals surface area contributed by atoms with E-state index in [4.69, 9.17) is 0 Å². The number of nitrogens with zero attached hydrogens (tertiary/aromatic N) is 4. The van der Waals surface area contributed by atoms with Crippen LogP contribution in [0.15, 0.2) is 0 Å². The van der Waals surface area contributed by atoms with E-state index < -0.39 is 0 Å². The Balaban J connectivity index is 2.95. The Kier molecular flexibility index (Phi) is 4.86. The lowest BCUT2D eigenvalue weighted by molar-refractivity contribution is 0.212. The standard InChI is InChI=1S/C11H23N5/c1-5-11(6-2,7-3)16-10(9-12-8-4)13-14-15-16/h12H,5-9H2,1-4H3. The third-order valence-corrected chi connectivity index (χ3v) is 3.49. The number of aromatic nitrogens is 4. The average Bonchev–Trinajstić information content (AvgIpc) is 2.79. The molecule has 0 aliphatic carbocycles. The van der Waals surface area contributed by atoms with E-state index in [9.17, 15) is 0 Å². The van der Waals surface area contributed by atoms with Crippen molar-refractivity contribution in [1.82, 2.24) is 25.5 Å². The zero-order valence-electron chi connectivity index (χ0n) is 10.8. The normalized spacial score (nSPS) is 12.0. The molecule has 1 aromatic heterocycles. The minimum absolute atomic E-state index is 0.0776. The van der Waals surface area contributed by atoms with Crippen molar-refractivity contribution in [2.75, 3.05) is 6.54 Å². The lowest BCUT2D eigenvalue weighted by atomic mass is 9.90. The van der Waals surface area contributed by atoms with E-state index in [-0.39, 0.29) is 5.54 Å². The average molecular weight is 225 g/mol. The zero-order valence-corrected chi connectivity index (χ0v) is 10.8. The van der Waals surface area contributed by atoms with Crippen molar-refractivity contribution in [1.29, 1.82) is 0 Å². The van der Waals surface area contributed by atoms with Crippen LogP contribution in [0.5, 0.6) is 0 Å². The van der Waals surface area contributed by atoms with E-state index in [0.29, 0.717) is 0 Å². The van der Waals surface area contributed by atoms with Gasteiger partial charge in [0.15, 0.2) is 5.82 Å². The lowest BCUT2D eigenvalue weighted by Crippen LogP contribution is -2.35. The van der Waals surface area contributed by atoms with Crippen molar-refractivity contribution in [3.05, 3.63) is 5.82 Å². The van der Waals surface area contributed by atoms with Crippen LogP contribution in [-0.4, -0.2) is 26.8 Å². The Morgan fingerprint density at radius 2 is 1.75 bits per heavy atom. The summed E-state index contributed by atoms with van der Waals surface area (Å²) in [5.74, 6) is 0.937. The molecular weight excluding hydrogens is 202 g/mol. The molecule has 0 fully saturated rings. The van der Waals surface area contributed by atoms with E-state index in [2.05, 4.69) is 48.5 Å². The zero-order chi connectivity index (χ0) is 12.0. The summed E-state index contributed by atoms with van der Waals surface area (Å²) in [6, 6.07) is 0. The second-order valence-electron chi connectivity index (χ2n) is 4.07. The van der Waals surface area contributed by atoms with Crippen molar-refractivity contribution < 1.29 is 0 Å². The van der Waals surface area contributed by atoms with Crippen molar-refractivity contribution >= 4 is 0 Å². The predicted molar refractivity (Wildman–Crippen MR) is 64.0 cm³/mol. The van der Waals surface area contributed by atoms with Crippen molar-refractivity contribution in [3.8, 4) is 0 Å². The lowest BCUT2D eigenvalue weighted by Gasteiger charge is -2.31. The molecule has 0 unspecified atom stereocenters. The first-order valence-electron chi connectivity index (χ1n) is 6.22. The highest BCUT2D eigenvalue weighted by molar-refractivity contribution is 4.91. The van der Waals surface area contributed by atoms with E-state index in [1.54, 1.807) is 0 Å². The molecule has 16 heavy (non-hydrogen) atoms. The maximum absolute atomic E-state index is 4.17. The first kappa shape index (κ1) is 13.1. The molecule has 0 aromatic carbocycles. The van der Waals surface area contributed by atoms with E-state index >= 15 is 0 Å². The van der Waals surface area contributed by atoms with Gasteiger partial charge in [0.1, 0.15) is 0 Å². The van der Waals surface area contributed by atoms with Gasteiger partial charge in [-0.3, -0.25) is 0 Å². The number of tetrazole rings is 1. The van der Waals surface area contributed by atoms with Crippen LogP contribution < -0.4 is 5.32 Å². The van der Waals surface area contributed by atoms with Gasteiger partial charge in [0.2, 0.25) is 0 Å². The fourth-order valence-electron chi connectivity index (χ4n) is 2.12. The number of rotatable bonds is 7. The SMILES string of the molecule is CCNCc1nnnn1C(CC)(CC)CC. The van der Waals surface area contributed by atoms with Crippen LogP contribution >= 0.6 is 0 Å². The topological polar surface area (TPSA) is 55.6 Å². The van der Waals surface area contributed by atoms with Gasteiger partial charge in [-0.1, -0.05) is 27.7 Å². The van der Waals surface area contributed by atoms with Crippen LogP contribution in [-0.2, 0) is 12.1 Å². The summed E-state index contributed by atoms with van der Waals surface area (Å²) in [4.78, 5) is 0. The smallest absolute Gasteiger partial charge is 0.165 e. The van der Waals surface area contributed by atoms with Gasteiger partial charge in [-0.25, -0.2) is 4.68 Å². The molecule has 5 nitrogen and oxygen atoms in total.